The van der Waals surface area contributed by atoms with Gasteiger partial charge in [-0.3, -0.25) is 4.79 Å². The molecule has 0 bridgehead atoms. The molecule has 3 rings (SSSR count). The lowest BCUT2D eigenvalue weighted by Gasteiger charge is -2.14. The molecule has 2 aromatic carbocycles. The van der Waals surface area contributed by atoms with Gasteiger partial charge in [-0.1, -0.05) is 0 Å². The van der Waals surface area contributed by atoms with E-state index in [0.29, 0.717) is 40.1 Å². The molecule has 1 heterocycles. The fourth-order valence-electron chi connectivity index (χ4n) is 3.01. The Morgan fingerprint density at radius 2 is 1.68 bits per heavy atom. The van der Waals surface area contributed by atoms with Crippen LogP contribution in [-0.2, 0) is 11.2 Å². The number of amides is 1. The van der Waals surface area contributed by atoms with Crippen LogP contribution in [0.2, 0.25) is 0 Å². The Kier molecular flexibility index (Phi) is 7.30. The van der Waals surface area contributed by atoms with Crippen molar-refractivity contribution in [1.82, 2.24) is 4.98 Å². The molecule has 0 unspecified atom stereocenters. The normalized spacial score (nSPS) is 10.5. The van der Waals surface area contributed by atoms with Gasteiger partial charge in [-0.05, 0) is 42.3 Å². The van der Waals surface area contributed by atoms with E-state index in [0.717, 1.165) is 5.56 Å². The standard InChI is InChI=1S/C22H23FN2O5S/c1-27-17-7-6-14(11-15(17)23)16-12-31-22(24-16)25-20(26)8-5-13-9-18(28-2)21(30-4)19(10-13)29-3/h6-7,9-12H,5,8H2,1-4H3,(H,24,25,26). The molecule has 7 nitrogen and oxygen atoms in total. The second kappa shape index (κ2) is 10.1. The molecule has 0 saturated carbocycles. The summed E-state index contributed by atoms with van der Waals surface area (Å²) >= 11 is 1.27. The van der Waals surface area contributed by atoms with Crippen molar-refractivity contribution in [3.05, 3.63) is 47.1 Å². The van der Waals surface area contributed by atoms with E-state index in [9.17, 15) is 9.18 Å². The van der Waals surface area contributed by atoms with Gasteiger partial charge in [-0.15, -0.1) is 11.3 Å². The van der Waals surface area contributed by atoms with Crippen LogP contribution >= 0.6 is 11.3 Å². The van der Waals surface area contributed by atoms with E-state index in [1.165, 1.54) is 31.6 Å². The molecule has 0 radical (unpaired) electrons. The number of carbonyl (C=O) groups is 1. The zero-order chi connectivity index (χ0) is 22.4. The van der Waals surface area contributed by atoms with Gasteiger partial charge in [0, 0.05) is 17.4 Å². The maximum absolute atomic E-state index is 13.9. The molecule has 0 aliphatic heterocycles. The lowest BCUT2D eigenvalue weighted by atomic mass is 10.1. The summed E-state index contributed by atoms with van der Waals surface area (Å²) in [6.07, 6.45) is 0.717. The fourth-order valence-corrected chi connectivity index (χ4v) is 3.74. The highest BCUT2D eigenvalue weighted by Gasteiger charge is 2.15. The Morgan fingerprint density at radius 1 is 1.00 bits per heavy atom. The van der Waals surface area contributed by atoms with Gasteiger partial charge in [0.2, 0.25) is 11.7 Å². The lowest BCUT2D eigenvalue weighted by molar-refractivity contribution is -0.116. The van der Waals surface area contributed by atoms with Crippen LogP contribution in [0, 0.1) is 5.82 Å². The summed E-state index contributed by atoms with van der Waals surface area (Å²) in [6, 6.07) is 8.24. The molecule has 1 aromatic heterocycles. The van der Waals surface area contributed by atoms with Crippen LogP contribution in [-0.4, -0.2) is 39.3 Å². The topological polar surface area (TPSA) is 78.9 Å². The number of aromatic nitrogens is 1. The van der Waals surface area contributed by atoms with E-state index < -0.39 is 5.82 Å². The lowest BCUT2D eigenvalue weighted by Crippen LogP contribution is -2.12. The van der Waals surface area contributed by atoms with Gasteiger partial charge in [0.25, 0.3) is 0 Å². The maximum atomic E-state index is 13.9. The van der Waals surface area contributed by atoms with Gasteiger partial charge in [0.15, 0.2) is 28.2 Å². The minimum atomic E-state index is -0.469. The Labute approximate surface area is 183 Å². The van der Waals surface area contributed by atoms with Crippen molar-refractivity contribution in [2.75, 3.05) is 33.8 Å². The van der Waals surface area contributed by atoms with Gasteiger partial charge in [0.1, 0.15) is 0 Å². The second-order valence-corrected chi connectivity index (χ2v) is 7.33. The summed E-state index contributed by atoms with van der Waals surface area (Å²) in [5, 5.41) is 4.99. The molecule has 3 aromatic rings. The highest BCUT2D eigenvalue weighted by atomic mass is 32.1. The summed E-state index contributed by atoms with van der Waals surface area (Å²) < 4.78 is 34.8. The maximum Gasteiger partial charge on any atom is 0.226 e. The molecular formula is C22H23FN2O5S. The van der Waals surface area contributed by atoms with Crippen molar-refractivity contribution < 1.29 is 28.1 Å². The third-order valence-electron chi connectivity index (χ3n) is 4.56. The van der Waals surface area contributed by atoms with Crippen LogP contribution in [0.5, 0.6) is 23.0 Å². The number of rotatable bonds is 9. The minimum Gasteiger partial charge on any atom is -0.494 e. The quantitative estimate of drug-likeness (QED) is 0.519. The first-order chi connectivity index (χ1) is 15.0. The monoisotopic (exact) mass is 446 g/mol. The van der Waals surface area contributed by atoms with Crippen LogP contribution in [0.1, 0.15) is 12.0 Å². The average molecular weight is 447 g/mol. The van der Waals surface area contributed by atoms with E-state index in [2.05, 4.69) is 10.3 Å². The molecule has 31 heavy (non-hydrogen) atoms. The van der Waals surface area contributed by atoms with Crippen molar-refractivity contribution in [2.45, 2.75) is 12.8 Å². The molecule has 0 aliphatic carbocycles. The Balaban J connectivity index is 1.64. The summed E-state index contributed by atoms with van der Waals surface area (Å²) in [5.41, 5.74) is 2.05. The highest BCUT2D eigenvalue weighted by molar-refractivity contribution is 7.14. The number of benzene rings is 2. The summed E-state index contributed by atoms with van der Waals surface area (Å²) in [7, 11) is 6.04. The number of nitrogens with zero attached hydrogens (tertiary/aromatic N) is 1. The van der Waals surface area contributed by atoms with Crippen molar-refractivity contribution in [3.8, 4) is 34.3 Å². The average Bonchev–Trinajstić information content (AvgIpc) is 3.25. The number of thiazole rings is 1. The zero-order valence-corrected chi connectivity index (χ0v) is 18.5. The van der Waals surface area contributed by atoms with Crippen LogP contribution in [0.4, 0.5) is 9.52 Å². The van der Waals surface area contributed by atoms with Gasteiger partial charge < -0.3 is 24.3 Å². The largest absolute Gasteiger partial charge is 0.494 e. The van der Waals surface area contributed by atoms with Crippen molar-refractivity contribution >= 4 is 22.4 Å². The van der Waals surface area contributed by atoms with E-state index >= 15 is 0 Å². The number of hydrogen-bond donors (Lipinski definition) is 1. The Bertz CT molecular complexity index is 1040. The molecule has 0 fully saturated rings. The molecule has 0 atom stereocenters. The molecule has 9 heteroatoms. The molecule has 1 amide bonds. The number of ether oxygens (including phenoxy) is 4. The third kappa shape index (κ3) is 5.24. The van der Waals surface area contributed by atoms with E-state index in [4.69, 9.17) is 18.9 Å². The number of nitrogens with one attached hydrogen (secondary N) is 1. The highest BCUT2D eigenvalue weighted by Crippen LogP contribution is 2.38. The molecule has 0 saturated heterocycles. The van der Waals surface area contributed by atoms with Crippen LogP contribution in [0.25, 0.3) is 11.3 Å². The van der Waals surface area contributed by atoms with Crippen LogP contribution in [0.15, 0.2) is 35.7 Å². The van der Waals surface area contributed by atoms with Gasteiger partial charge in [-0.2, -0.15) is 0 Å². The molecular weight excluding hydrogens is 423 g/mol. The van der Waals surface area contributed by atoms with Crippen molar-refractivity contribution in [1.29, 1.82) is 0 Å². The first-order valence-corrected chi connectivity index (χ1v) is 10.2. The predicted octanol–water partition coefficient (Wildman–Crippen LogP) is 4.55. The predicted molar refractivity (Wildman–Crippen MR) is 117 cm³/mol. The SMILES string of the molecule is COc1ccc(-c2csc(NC(=O)CCc3cc(OC)c(OC)c(OC)c3)n2)cc1F. The first-order valence-electron chi connectivity index (χ1n) is 9.37. The summed E-state index contributed by atoms with van der Waals surface area (Å²) in [6.45, 7) is 0. The minimum absolute atomic E-state index is 0.166. The molecule has 164 valence electrons. The van der Waals surface area contributed by atoms with Gasteiger partial charge >= 0.3 is 0 Å². The number of carbonyl (C=O) groups excluding carboxylic acids is 1. The number of halogens is 1. The number of hydrogen-bond acceptors (Lipinski definition) is 7. The number of anilines is 1. The van der Waals surface area contributed by atoms with E-state index in [1.54, 1.807) is 31.7 Å². The summed E-state index contributed by atoms with van der Waals surface area (Å²) in [5.74, 6) is 1.09. The van der Waals surface area contributed by atoms with Crippen molar-refractivity contribution in [2.24, 2.45) is 0 Å². The van der Waals surface area contributed by atoms with E-state index in [-0.39, 0.29) is 18.1 Å². The first kappa shape index (κ1) is 22.4. The fraction of sp³-hybridized carbons (Fsp3) is 0.273. The van der Waals surface area contributed by atoms with Crippen LogP contribution < -0.4 is 24.3 Å². The smallest absolute Gasteiger partial charge is 0.226 e. The molecule has 0 aliphatic rings. The Morgan fingerprint density at radius 3 is 2.26 bits per heavy atom. The second-order valence-electron chi connectivity index (χ2n) is 6.47. The summed E-state index contributed by atoms with van der Waals surface area (Å²) in [4.78, 5) is 16.8. The Hall–Kier alpha value is -3.33. The third-order valence-corrected chi connectivity index (χ3v) is 5.32. The molecule has 1 N–H and O–H groups in total. The van der Waals surface area contributed by atoms with E-state index in [1.807, 2.05) is 12.1 Å². The molecule has 0 spiro atoms. The van der Waals surface area contributed by atoms with Gasteiger partial charge in [-0.25, -0.2) is 9.37 Å². The zero-order valence-electron chi connectivity index (χ0n) is 17.7. The number of aryl methyl sites for hydroxylation is 1. The number of methoxy groups -OCH3 is 4. The van der Waals surface area contributed by atoms with Crippen LogP contribution in [0.3, 0.4) is 0 Å². The van der Waals surface area contributed by atoms with Gasteiger partial charge in [0.05, 0.1) is 34.1 Å². The van der Waals surface area contributed by atoms with Crippen molar-refractivity contribution in [3.63, 3.8) is 0 Å².